The molecule has 0 bridgehead atoms. The lowest BCUT2D eigenvalue weighted by molar-refractivity contribution is 0.0694. The highest BCUT2D eigenvalue weighted by atomic mass is 19.1. The summed E-state index contributed by atoms with van der Waals surface area (Å²) < 4.78 is 22.2. The summed E-state index contributed by atoms with van der Waals surface area (Å²) in [6.07, 6.45) is 3.92. The molecule has 0 spiro atoms. The fraction of sp³-hybridized carbons (Fsp3) is 0.407. The first-order valence-electron chi connectivity index (χ1n) is 12.1. The van der Waals surface area contributed by atoms with Crippen molar-refractivity contribution in [3.63, 3.8) is 0 Å². The van der Waals surface area contributed by atoms with Gasteiger partial charge in [0, 0.05) is 31.8 Å². The molecule has 7 nitrogen and oxygen atoms in total. The molecule has 1 saturated carbocycles. The van der Waals surface area contributed by atoms with E-state index >= 15 is 4.39 Å². The zero-order chi connectivity index (χ0) is 24.7. The Kier molecular flexibility index (Phi) is 6.23. The summed E-state index contributed by atoms with van der Waals surface area (Å²) >= 11 is 0. The van der Waals surface area contributed by atoms with Gasteiger partial charge in [-0.3, -0.25) is 9.20 Å². The molecule has 2 aromatic heterocycles. The van der Waals surface area contributed by atoms with E-state index in [0.29, 0.717) is 36.5 Å². The van der Waals surface area contributed by atoms with Crippen molar-refractivity contribution in [2.45, 2.75) is 38.1 Å². The number of para-hydroxylation sites is 1. The Morgan fingerprint density at radius 3 is 2.66 bits per heavy atom. The molecular weight excluding hydrogens is 449 g/mol. The van der Waals surface area contributed by atoms with E-state index < -0.39 is 17.3 Å². The zero-order valence-corrected chi connectivity index (χ0v) is 20.0. The number of nitrogens with one attached hydrogen (secondary N) is 1. The second kappa shape index (κ2) is 9.34. The van der Waals surface area contributed by atoms with Gasteiger partial charge in [-0.2, -0.15) is 0 Å². The van der Waals surface area contributed by atoms with Crippen molar-refractivity contribution in [3.05, 3.63) is 75.5 Å². The van der Waals surface area contributed by atoms with E-state index in [-0.39, 0.29) is 23.4 Å². The van der Waals surface area contributed by atoms with Crippen molar-refractivity contribution in [3.8, 4) is 0 Å². The minimum atomic E-state index is -1.29. The Bertz CT molecular complexity index is 1320. The number of ether oxygens (including phenoxy) is 1. The van der Waals surface area contributed by atoms with E-state index in [1.165, 1.54) is 16.7 Å². The maximum atomic E-state index is 15.5. The van der Waals surface area contributed by atoms with Gasteiger partial charge in [0.2, 0.25) is 0 Å². The van der Waals surface area contributed by atoms with E-state index in [0.717, 1.165) is 30.5 Å². The summed E-state index contributed by atoms with van der Waals surface area (Å²) in [6, 6.07) is 11.5. The molecule has 0 amide bonds. The number of methoxy groups -OCH3 is 1. The molecule has 5 rings (SSSR count). The molecule has 1 saturated heterocycles. The van der Waals surface area contributed by atoms with Crippen LogP contribution in [-0.2, 0) is 4.74 Å². The standard InChI is InChI=1S/C27H30FN3O4/c1-16-24-20(17-8-9-17)12-21(27(33)34)26(32)31(24)14-22(28)25(16)30-11-10-18(13-30)23(15-35-2)29-19-6-4-3-5-7-19/h3-7,12,14,17-18,23,29H,8-11,13,15H2,1-2H3,(H,33,34)/t18-,23-/m1/s1. The van der Waals surface area contributed by atoms with Crippen LogP contribution in [0.2, 0.25) is 0 Å². The number of carboxylic acids is 1. The lowest BCUT2D eigenvalue weighted by Crippen LogP contribution is -2.35. The van der Waals surface area contributed by atoms with Gasteiger partial charge in [0.05, 0.1) is 30.0 Å². The SMILES string of the molecule is COC[C@@H](Nc1ccccc1)[C@@H]1CCN(c2c(F)cn3c(=O)c(C(=O)O)cc(C4CC4)c3c2C)C1. The van der Waals surface area contributed by atoms with Crippen molar-refractivity contribution in [1.29, 1.82) is 0 Å². The van der Waals surface area contributed by atoms with E-state index in [1.54, 1.807) is 7.11 Å². The van der Waals surface area contributed by atoms with E-state index in [4.69, 9.17) is 4.74 Å². The highest BCUT2D eigenvalue weighted by molar-refractivity contribution is 5.89. The predicted molar refractivity (Wildman–Crippen MR) is 133 cm³/mol. The number of aryl methyl sites for hydroxylation is 1. The lowest BCUT2D eigenvalue weighted by Gasteiger charge is -2.27. The molecule has 3 heterocycles. The van der Waals surface area contributed by atoms with E-state index in [1.807, 2.05) is 37.3 Å². The van der Waals surface area contributed by atoms with Crippen molar-refractivity contribution < 1.29 is 19.0 Å². The minimum absolute atomic E-state index is 0.0685. The minimum Gasteiger partial charge on any atom is -0.477 e. The molecule has 1 aliphatic heterocycles. The number of aromatic nitrogens is 1. The summed E-state index contributed by atoms with van der Waals surface area (Å²) in [4.78, 5) is 26.6. The van der Waals surface area contributed by atoms with Gasteiger partial charge in [-0.25, -0.2) is 9.18 Å². The van der Waals surface area contributed by atoms with Gasteiger partial charge in [-0.15, -0.1) is 0 Å². The maximum absolute atomic E-state index is 15.5. The number of carbonyl (C=O) groups is 1. The first-order valence-corrected chi connectivity index (χ1v) is 12.1. The van der Waals surface area contributed by atoms with Gasteiger partial charge < -0.3 is 20.1 Å². The summed E-state index contributed by atoms with van der Waals surface area (Å²) in [6.45, 7) is 3.71. The van der Waals surface area contributed by atoms with Crippen LogP contribution in [0.5, 0.6) is 0 Å². The summed E-state index contributed by atoms with van der Waals surface area (Å²) in [7, 11) is 1.68. The average molecular weight is 480 g/mol. The third-order valence-corrected chi connectivity index (χ3v) is 7.27. The quantitative estimate of drug-likeness (QED) is 0.502. The molecule has 1 aromatic carbocycles. The second-order valence-corrected chi connectivity index (χ2v) is 9.63. The molecule has 184 valence electrons. The van der Waals surface area contributed by atoms with Crippen LogP contribution in [0.25, 0.3) is 5.52 Å². The molecule has 2 fully saturated rings. The van der Waals surface area contributed by atoms with Crippen LogP contribution in [0, 0.1) is 18.7 Å². The molecule has 2 atom stereocenters. The number of carboxylic acid groups (broad SMARTS) is 1. The highest BCUT2D eigenvalue weighted by Crippen LogP contribution is 2.44. The van der Waals surface area contributed by atoms with Crippen molar-refractivity contribution in [2.75, 3.05) is 37.0 Å². The topological polar surface area (TPSA) is 83.3 Å². The molecular formula is C27H30FN3O4. The monoisotopic (exact) mass is 479 g/mol. The van der Waals surface area contributed by atoms with Gasteiger partial charge >= 0.3 is 5.97 Å². The second-order valence-electron chi connectivity index (χ2n) is 9.63. The number of anilines is 2. The average Bonchev–Trinajstić information content (AvgIpc) is 3.57. The van der Waals surface area contributed by atoms with Crippen LogP contribution in [0.4, 0.5) is 15.8 Å². The number of halogens is 1. The van der Waals surface area contributed by atoms with Gasteiger partial charge in [0.25, 0.3) is 5.56 Å². The summed E-state index contributed by atoms with van der Waals surface area (Å²) in [5, 5.41) is 13.1. The fourth-order valence-electron chi connectivity index (χ4n) is 5.43. The smallest absolute Gasteiger partial charge is 0.341 e. The van der Waals surface area contributed by atoms with Crippen LogP contribution >= 0.6 is 0 Å². The van der Waals surface area contributed by atoms with Crippen LogP contribution in [0.15, 0.2) is 47.4 Å². The van der Waals surface area contributed by atoms with Gasteiger partial charge in [-0.1, -0.05) is 18.2 Å². The Labute approximate surface area is 203 Å². The number of pyridine rings is 2. The molecule has 0 radical (unpaired) electrons. The fourth-order valence-corrected chi connectivity index (χ4v) is 5.43. The molecule has 1 aliphatic carbocycles. The normalized spacial score (nSPS) is 18.7. The molecule has 2 aliphatic rings. The van der Waals surface area contributed by atoms with E-state index in [2.05, 4.69) is 10.2 Å². The van der Waals surface area contributed by atoms with Crippen LogP contribution in [0.3, 0.4) is 0 Å². The number of hydrogen-bond donors (Lipinski definition) is 2. The first kappa shape index (κ1) is 23.4. The van der Waals surface area contributed by atoms with Crippen LogP contribution in [-0.4, -0.2) is 48.3 Å². The number of aromatic carboxylic acids is 1. The Hall–Kier alpha value is -3.39. The number of hydrogen-bond acceptors (Lipinski definition) is 5. The summed E-state index contributed by atoms with van der Waals surface area (Å²) in [5.74, 6) is -1.36. The predicted octanol–water partition coefficient (Wildman–Crippen LogP) is 4.28. The first-order chi connectivity index (χ1) is 16.9. The largest absolute Gasteiger partial charge is 0.477 e. The number of nitrogens with zero attached hydrogens (tertiary/aromatic N) is 2. The van der Waals surface area contributed by atoms with Gasteiger partial charge in [0.1, 0.15) is 5.56 Å². The lowest BCUT2D eigenvalue weighted by atomic mass is 9.99. The van der Waals surface area contributed by atoms with Crippen molar-refractivity contribution in [1.82, 2.24) is 4.40 Å². The van der Waals surface area contributed by atoms with E-state index in [9.17, 15) is 14.7 Å². The highest BCUT2D eigenvalue weighted by Gasteiger charge is 2.34. The number of benzene rings is 1. The zero-order valence-electron chi connectivity index (χ0n) is 20.0. The van der Waals surface area contributed by atoms with Crippen molar-refractivity contribution >= 4 is 22.9 Å². The maximum Gasteiger partial charge on any atom is 0.341 e. The molecule has 2 N–H and O–H groups in total. The van der Waals surface area contributed by atoms with Crippen LogP contribution < -0.4 is 15.8 Å². The molecule has 0 unspecified atom stereocenters. The van der Waals surface area contributed by atoms with Gasteiger partial charge in [-0.05, 0) is 61.4 Å². The van der Waals surface area contributed by atoms with Crippen LogP contribution in [0.1, 0.15) is 46.7 Å². The Morgan fingerprint density at radius 2 is 2.00 bits per heavy atom. The number of rotatable bonds is 8. The molecule has 8 heteroatoms. The number of fused-ring (bicyclic) bond motifs is 1. The third kappa shape index (κ3) is 4.38. The molecule has 35 heavy (non-hydrogen) atoms. The van der Waals surface area contributed by atoms with Gasteiger partial charge in [0.15, 0.2) is 5.82 Å². The Morgan fingerprint density at radius 1 is 1.26 bits per heavy atom. The molecule has 3 aromatic rings. The third-order valence-electron chi connectivity index (χ3n) is 7.27. The van der Waals surface area contributed by atoms with Crippen molar-refractivity contribution in [2.24, 2.45) is 5.92 Å². The Balaban J connectivity index is 1.50. The summed E-state index contributed by atoms with van der Waals surface area (Å²) in [5.41, 5.74) is 2.64.